The van der Waals surface area contributed by atoms with E-state index in [0.29, 0.717) is 5.56 Å². The third-order valence-electron chi connectivity index (χ3n) is 9.36. The largest absolute Gasteiger partial charge is 0.504 e. The highest BCUT2D eigenvalue weighted by Crippen LogP contribution is 2.33. The van der Waals surface area contributed by atoms with E-state index < -0.39 is 129 Å². The quantitative estimate of drug-likeness (QED) is 0.0541. The summed E-state index contributed by atoms with van der Waals surface area (Å²) in [7, 11) is 0. The second-order valence-electron chi connectivity index (χ2n) is 13.3. The molecular weight excluding hydrogens is 740 g/mol. The van der Waals surface area contributed by atoms with Gasteiger partial charge in [-0.2, -0.15) is 0 Å². The predicted octanol–water partition coefficient (Wildman–Crippen LogP) is -3.19. The summed E-state index contributed by atoms with van der Waals surface area (Å²) in [5.74, 6) is -2.72. The highest BCUT2D eigenvalue weighted by Gasteiger charge is 2.53. The Labute approximate surface area is 313 Å². The molecule has 0 saturated carbocycles. The van der Waals surface area contributed by atoms with E-state index in [-0.39, 0.29) is 24.3 Å². The first-order chi connectivity index (χ1) is 26.1. The zero-order chi connectivity index (χ0) is 40.1. The number of carbonyl (C=O) groups excluding carboxylic acids is 1. The van der Waals surface area contributed by atoms with Crippen molar-refractivity contribution in [3.8, 4) is 23.0 Å². The van der Waals surface area contributed by atoms with Crippen molar-refractivity contribution in [3.63, 3.8) is 0 Å². The Kier molecular flexibility index (Phi) is 14.3. The van der Waals surface area contributed by atoms with Gasteiger partial charge in [-0.3, -0.25) is 0 Å². The molecule has 2 aromatic carbocycles. The van der Waals surface area contributed by atoms with Gasteiger partial charge in [-0.05, 0) is 54.8 Å². The van der Waals surface area contributed by atoms with Gasteiger partial charge in [0.2, 0.25) is 0 Å². The molecule has 3 fully saturated rings. The molecule has 3 aliphatic heterocycles. The Morgan fingerprint density at radius 1 is 0.673 bits per heavy atom. The summed E-state index contributed by atoms with van der Waals surface area (Å²) in [4.78, 5) is 13.3. The van der Waals surface area contributed by atoms with E-state index in [2.05, 4.69) is 0 Å². The van der Waals surface area contributed by atoms with Crippen LogP contribution in [0.5, 0.6) is 23.0 Å². The topological polar surface area (TPSA) is 324 Å². The van der Waals surface area contributed by atoms with Crippen molar-refractivity contribution in [2.45, 2.75) is 105 Å². The van der Waals surface area contributed by atoms with Gasteiger partial charge in [0.05, 0.1) is 25.9 Å². The zero-order valence-corrected chi connectivity index (χ0v) is 29.2. The Morgan fingerprint density at radius 2 is 1.29 bits per heavy atom. The van der Waals surface area contributed by atoms with Gasteiger partial charge in [-0.1, -0.05) is 12.1 Å². The number of carbonyl (C=O) groups is 1. The van der Waals surface area contributed by atoms with Gasteiger partial charge in [0.15, 0.2) is 48.0 Å². The molecule has 0 amide bonds. The molecule has 0 aliphatic carbocycles. The molecule has 0 bridgehead atoms. The van der Waals surface area contributed by atoms with Crippen LogP contribution in [0.4, 0.5) is 0 Å². The number of phenols is 4. The summed E-state index contributed by atoms with van der Waals surface area (Å²) in [6, 6.07) is 7.73. The maximum Gasteiger partial charge on any atom is 0.331 e. The molecule has 5 rings (SSSR count). The van der Waals surface area contributed by atoms with Crippen molar-refractivity contribution < 1.29 is 99.2 Å². The van der Waals surface area contributed by atoms with Crippen molar-refractivity contribution in [2.24, 2.45) is 0 Å². The van der Waals surface area contributed by atoms with Crippen LogP contribution in [0.2, 0.25) is 0 Å². The molecule has 12 N–H and O–H groups in total. The van der Waals surface area contributed by atoms with Crippen molar-refractivity contribution in [3.05, 3.63) is 53.6 Å². The molecule has 0 radical (unpaired) electrons. The van der Waals surface area contributed by atoms with Gasteiger partial charge in [-0.15, -0.1) is 0 Å². The average Bonchev–Trinajstić information content (AvgIpc) is 3.16. The Balaban J connectivity index is 1.44. The first-order valence-electron chi connectivity index (χ1n) is 17.2. The molecule has 306 valence electrons. The van der Waals surface area contributed by atoms with Gasteiger partial charge < -0.3 is 94.4 Å². The maximum absolute atomic E-state index is 13.3. The third-order valence-corrected chi connectivity index (χ3v) is 9.36. The number of aliphatic hydroxyl groups is 8. The van der Waals surface area contributed by atoms with Crippen LogP contribution in [0, 0.1) is 0 Å². The van der Waals surface area contributed by atoms with Crippen LogP contribution >= 0.6 is 0 Å². The number of phenolic OH excluding ortho intramolecular Hbond substituents is 4. The summed E-state index contributed by atoms with van der Waals surface area (Å²) in [5.41, 5.74) is 0.767. The van der Waals surface area contributed by atoms with Crippen LogP contribution in [0.3, 0.4) is 0 Å². The minimum Gasteiger partial charge on any atom is -0.504 e. The van der Waals surface area contributed by atoms with E-state index in [1.54, 1.807) is 0 Å². The zero-order valence-electron chi connectivity index (χ0n) is 29.2. The van der Waals surface area contributed by atoms with Gasteiger partial charge in [0.1, 0.15) is 61.0 Å². The minimum absolute atomic E-state index is 0.107. The highest BCUT2D eigenvalue weighted by molar-refractivity contribution is 5.87. The Hall–Kier alpha value is -3.71. The van der Waals surface area contributed by atoms with Crippen molar-refractivity contribution in [1.82, 2.24) is 0 Å². The molecule has 2 aromatic rings. The van der Waals surface area contributed by atoms with Crippen LogP contribution in [-0.2, 0) is 44.4 Å². The number of hydrogen-bond acceptors (Lipinski definition) is 20. The summed E-state index contributed by atoms with van der Waals surface area (Å²) >= 11 is 0. The van der Waals surface area contributed by atoms with Gasteiger partial charge >= 0.3 is 5.97 Å². The molecular formula is C35H46O20. The fourth-order valence-corrected chi connectivity index (χ4v) is 6.14. The van der Waals surface area contributed by atoms with E-state index >= 15 is 0 Å². The molecule has 0 unspecified atom stereocenters. The number of ether oxygens (including phenoxy) is 7. The number of hydrogen-bond donors (Lipinski definition) is 12. The lowest BCUT2D eigenvalue weighted by Gasteiger charge is -2.47. The predicted molar refractivity (Wildman–Crippen MR) is 180 cm³/mol. The first kappa shape index (κ1) is 42.4. The molecule has 3 heterocycles. The molecule has 0 aromatic heterocycles. The van der Waals surface area contributed by atoms with Crippen LogP contribution in [0.1, 0.15) is 18.1 Å². The fourth-order valence-electron chi connectivity index (χ4n) is 6.14. The number of rotatable bonds is 13. The SMILES string of the molecule is C[C@@H]1O[C@H](OC[C@H]2O[C@@H](OCCc3ccc(O)c(O)c3)[C@H](O)[C@@H](O[C@@H]3O[C@H](CO)[C@@H](O)[C@H](O)[C@H]3O)[C@@H]2OC(=O)C=Cc2ccc(O)c(O)c2)[C@H](O)[C@H](O)[C@H]1O. The maximum atomic E-state index is 13.3. The van der Waals surface area contributed by atoms with E-state index in [1.165, 1.54) is 43.3 Å². The average molecular weight is 787 g/mol. The third kappa shape index (κ3) is 10.0. The second kappa shape index (κ2) is 18.5. The normalized spacial score (nSPS) is 36.9. The van der Waals surface area contributed by atoms with Crippen LogP contribution in [-0.4, -0.2) is 179 Å². The van der Waals surface area contributed by atoms with Crippen molar-refractivity contribution in [1.29, 1.82) is 0 Å². The second-order valence-corrected chi connectivity index (χ2v) is 13.3. The monoisotopic (exact) mass is 786 g/mol. The van der Waals surface area contributed by atoms with Gasteiger partial charge in [0, 0.05) is 6.08 Å². The van der Waals surface area contributed by atoms with E-state index in [9.17, 15) is 66.1 Å². The lowest BCUT2D eigenvalue weighted by molar-refractivity contribution is -0.365. The van der Waals surface area contributed by atoms with Gasteiger partial charge in [0.25, 0.3) is 0 Å². The number of aliphatic hydroxyl groups excluding tert-OH is 8. The summed E-state index contributed by atoms with van der Waals surface area (Å²) < 4.78 is 40.2. The summed E-state index contributed by atoms with van der Waals surface area (Å²) in [6.45, 7) is -0.242. The number of aromatic hydroxyl groups is 4. The molecule has 3 saturated heterocycles. The van der Waals surface area contributed by atoms with E-state index in [4.69, 9.17) is 33.2 Å². The van der Waals surface area contributed by atoms with E-state index in [1.807, 2.05) is 0 Å². The molecule has 15 atom stereocenters. The highest BCUT2D eigenvalue weighted by atomic mass is 16.8. The van der Waals surface area contributed by atoms with E-state index in [0.717, 1.165) is 12.1 Å². The fraction of sp³-hybridized carbons (Fsp3) is 0.571. The first-order valence-corrected chi connectivity index (χ1v) is 17.2. The Bertz CT molecular complexity index is 1610. The minimum atomic E-state index is -1.97. The van der Waals surface area contributed by atoms with Crippen molar-refractivity contribution in [2.75, 3.05) is 19.8 Å². The van der Waals surface area contributed by atoms with Crippen LogP contribution in [0.15, 0.2) is 42.5 Å². The standard InChI is InChI=1S/C35H46O20/c1-14-24(42)26(44)28(46)33(51-14)50-13-22-31(54-23(41)7-4-15-2-5-17(37)19(39)10-15)32(55-35-29(47)27(45)25(43)21(12-36)52-35)30(48)34(53-22)49-9-8-16-3-6-18(38)20(40)11-16/h2-7,10-11,14,21-22,24-40,42-48H,8-9,12-13H2,1H3/t14-,21+,22+,24-,25+,26+,27-,28+,29+,30+,31+,32+,33-,34+,35-/m0/s1. The lowest BCUT2D eigenvalue weighted by atomic mass is 9.96. The number of esters is 1. The Morgan fingerprint density at radius 3 is 1.96 bits per heavy atom. The summed E-state index contributed by atoms with van der Waals surface area (Å²) in [6.07, 6.45) is -22.7. The van der Waals surface area contributed by atoms with Crippen molar-refractivity contribution >= 4 is 12.0 Å². The molecule has 20 nitrogen and oxygen atoms in total. The molecule has 0 spiro atoms. The molecule has 55 heavy (non-hydrogen) atoms. The molecule has 20 heteroatoms. The van der Waals surface area contributed by atoms with Crippen LogP contribution < -0.4 is 0 Å². The van der Waals surface area contributed by atoms with Gasteiger partial charge in [-0.25, -0.2) is 4.79 Å². The summed E-state index contributed by atoms with van der Waals surface area (Å²) in [5, 5.41) is 123. The number of benzene rings is 2. The smallest absolute Gasteiger partial charge is 0.331 e. The lowest BCUT2D eigenvalue weighted by Crippen LogP contribution is -2.66. The van der Waals surface area contributed by atoms with Crippen LogP contribution in [0.25, 0.3) is 6.08 Å². The molecule has 3 aliphatic rings.